The van der Waals surface area contributed by atoms with Crippen LogP contribution in [0.5, 0.6) is 0 Å². The molecule has 6 heteroatoms. The maximum atomic E-state index is 3.70. The third-order valence-corrected chi connectivity index (χ3v) is 20.9. The zero-order valence-electron chi connectivity index (χ0n) is 81.0. The van der Waals surface area contributed by atoms with Gasteiger partial charge in [-0.3, -0.25) is 0 Å². The molecule has 2 aliphatic rings. The molecule has 0 spiro atoms. The quantitative estimate of drug-likeness (QED) is 0.0448. The highest BCUT2D eigenvalue weighted by molar-refractivity contribution is 5.14. The van der Waals surface area contributed by atoms with Crippen LogP contribution in [-0.2, 0) is 6.42 Å². The number of benzene rings is 1. The summed E-state index contributed by atoms with van der Waals surface area (Å²) in [7, 11) is 13.4. The van der Waals surface area contributed by atoms with Gasteiger partial charge in [0.25, 0.3) is 0 Å². The molecule has 108 heavy (non-hydrogen) atoms. The molecule has 2 aliphatic carbocycles. The minimum absolute atomic E-state index is 0.647. The minimum Gasteiger partial charge on any atom is -0.331 e. The van der Waals surface area contributed by atoms with Crippen molar-refractivity contribution >= 4 is 0 Å². The molecule has 0 amide bonds. The number of unbranched alkanes of at least 4 members (excludes halogenated alkanes) is 18. The van der Waals surface area contributed by atoms with E-state index in [2.05, 4.69) is 258 Å². The Morgan fingerprint density at radius 1 is 0.333 bits per heavy atom. The smallest absolute Gasteiger partial charge is 0.0780 e. The number of rotatable bonds is 55. The molecule has 0 atom stereocenters. The van der Waals surface area contributed by atoms with Crippen molar-refractivity contribution in [2.45, 2.75) is 486 Å². The van der Waals surface area contributed by atoms with E-state index >= 15 is 0 Å². The summed E-state index contributed by atoms with van der Waals surface area (Å²) in [6.45, 7) is 61.3. The summed E-state index contributed by atoms with van der Waals surface area (Å²) in [6.07, 6.45) is 67.3. The molecule has 0 heterocycles. The van der Waals surface area contributed by atoms with Crippen LogP contribution in [0, 0.1) is 53.3 Å². The van der Waals surface area contributed by atoms with E-state index in [4.69, 9.17) is 0 Å². The van der Waals surface area contributed by atoms with E-state index in [1.165, 1.54) is 360 Å². The van der Waals surface area contributed by atoms with E-state index in [-0.39, 0.29) is 0 Å². The predicted octanol–water partition coefficient (Wildman–Crippen LogP) is 31.6. The van der Waals surface area contributed by atoms with E-state index in [1.54, 1.807) is 0 Å². The topological polar surface area (TPSA) is 42.6 Å². The third kappa shape index (κ3) is 121. The van der Waals surface area contributed by atoms with E-state index in [0.717, 1.165) is 69.8 Å². The zero-order chi connectivity index (χ0) is 82.7. The van der Waals surface area contributed by atoms with Crippen LogP contribution in [0.1, 0.15) is 467 Å². The van der Waals surface area contributed by atoms with Gasteiger partial charge in [-0.05, 0) is 216 Å². The van der Waals surface area contributed by atoms with Crippen molar-refractivity contribution in [1.82, 2.24) is 25.8 Å². The molecule has 0 aliphatic heterocycles. The number of hydrogen-bond acceptors (Lipinski definition) is 5. The van der Waals surface area contributed by atoms with Gasteiger partial charge in [-0.15, -0.1) is 0 Å². The molecule has 0 unspecified atom stereocenters. The molecule has 6 nitrogen and oxygen atoms in total. The summed E-state index contributed by atoms with van der Waals surface area (Å²) in [4.78, 5) is 4.86. The summed E-state index contributed by atoms with van der Waals surface area (Å²) < 4.78 is 1.11. The lowest BCUT2D eigenvalue weighted by atomic mass is 9.94. The first kappa shape index (κ1) is 118. The fourth-order valence-electron chi connectivity index (χ4n) is 13.5. The molecule has 3 N–H and O–H groups in total. The second-order valence-corrected chi connectivity index (χ2v) is 39.5. The first-order valence-electron chi connectivity index (χ1n) is 48.6. The molecule has 3 rings (SSSR count). The maximum Gasteiger partial charge on any atom is 0.0780 e. The Bertz CT molecular complexity index is 1680. The molecular formula is C102H217N6+. The average molecular weight is 1530 g/mol. The zero-order valence-corrected chi connectivity index (χ0v) is 81.0. The Hall–Kier alpha value is -1.02. The monoisotopic (exact) mass is 1530 g/mol. The van der Waals surface area contributed by atoms with Gasteiger partial charge in [-0.2, -0.15) is 0 Å². The molecular weight excluding hydrogens is 1310 g/mol. The highest BCUT2D eigenvalue weighted by Crippen LogP contribution is 2.23. The molecule has 1 aromatic rings. The van der Waals surface area contributed by atoms with Crippen LogP contribution in [0.2, 0.25) is 0 Å². The highest BCUT2D eigenvalue weighted by atomic mass is 15.3. The van der Waals surface area contributed by atoms with Gasteiger partial charge in [0, 0.05) is 18.1 Å². The van der Waals surface area contributed by atoms with Crippen molar-refractivity contribution < 1.29 is 4.48 Å². The van der Waals surface area contributed by atoms with Crippen molar-refractivity contribution in [3.8, 4) is 0 Å². The van der Waals surface area contributed by atoms with Gasteiger partial charge in [0.2, 0.25) is 0 Å². The molecule has 2 saturated carbocycles. The standard InChI is InChI=1S/C15H24.C14H29N.C13H27N.C12H26.C10H24N.2C10H23N.C9H21N.C9H20/c1-14(2)10-6-3-4-7-11-15-12-8-5-9-13-15;1-13(2)9-7-8-12-15(3)14-10-5-4-6-11-14;1-12(2)8-6-7-11-14-13-9-4-3-5-10-13;1-4-5-6-7-8-9-10-11-12(2)3;1-10(2)8-6-7-9-11(3,4)5;1-9(2)7-5-6-8-11-10(3)4;1-4-5-8-11-9-6-7-10(2)3;1-9(2)7-5-6-8-10(3)4;1-4-5-6-7-8-9(2)3/h5,8-9,12-14H,3-4,6-7,10-11H2,1-2H3;13-14H,4-12H2,1-3H3;12-14H,3-11H2,1-2H3;12H,4-11H2,1-3H3;10H,6-9H2,1-5H3;9-11H,5-8H2,1-4H3;10-11H,4-9H2,1-3H3;9H,5-8H2,1-4H3;9H,4-8H2,1-3H3/q;;;;+1;;;;. The van der Waals surface area contributed by atoms with E-state index in [9.17, 15) is 0 Å². The number of nitrogens with zero attached hydrogens (tertiary/aromatic N) is 3. The van der Waals surface area contributed by atoms with E-state index in [1.807, 2.05) is 0 Å². The minimum atomic E-state index is 0.647. The summed E-state index contributed by atoms with van der Waals surface area (Å²) in [6, 6.07) is 13.2. The Balaban J connectivity index is -0.000000272. The Morgan fingerprint density at radius 2 is 0.667 bits per heavy atom. The van der Waals surface area contributed by atoms with Gasteiger partial charge >= 0.3 is 0 Å². The summed E-state index contributed by atoms with van der Waals surface area (Å²) in [5.41, 5.74) is 1.49. The average Bonchev–Trinajstić information content (AvgIpc) is 0.925. The van der Waals surface area contributed by atoms with Gasteiger partial charge in [-0.1, -0.05) is 401 Å². The Morgan fingerprint density at radius 3 is 1.06 bits per heavy atom. The van der Waals surface area contributed by atoms with Crippen molar-refractivity contribution in [3.05, 3.63) is 35.9 Å². The predicted molar refractivity (Wildman–Crippen MR) is 503 cm³/mol. The van der Waals surface area contributed by atoms with Gasteiger partial charge in [0.1, 0.15) is 0 Å². The number of quaternary nitrogens is 1. The number of hydrogen-bond donors (Lipinski definition) is 3. The number of aryl methyl sites for hydroxylation is 1. The highest BCUT2D eigenvalue weighted by Gasteiger charge is 2.17. The van der Waals surface area contributed by atoms with Crippen LogP contribution in [0.25, 0.3) is 0 Å². The molecule has 654 valence electrons. The number of nitrogens with one attached hydrogen (secondary N) is 3. The second-order valence-electron chi connectivity index (χ2n) is 39.5. The van der Waals surface area contributed by atoms with Crippen LogP contribution in [0.3, 0.4) is 0 Å². The Labute approximate surface area is 689 Å². The lowest BCUT2D eigenvalue weighted by molar-refractivity contribution is -0.870. The first-order chi connectivity index (χ1) is 51.3. The van der Waals surface area contributed by atoms with Gasteiger partial charge in [0.05, 0.1) is 27.7 Å². The molecule has 2 fully saturated rings. The normalized spacial score (nSPS) is 13.3. The molecule has 0 bridgehead atoms. The van der Waals surface area contributed by atoms with Crippen LogP contribution >= 0.6 is 0 Å². The van der Waals surface area contributed by atoms with Gasteiger partial charge in [0.15, 0.2) is 0 Å². The van der Waals surface area contributed by atoms with Crippen molar-refractivity contribution in [2.24, 2.45) is 53.3 Å². The largest absolute Gasteiger partial charge is 0.331 e. The molecule has 0 aromatic heterocycles. The van der Waals surface area contributed by atoms with Crippen molar-refractivity contribution in [2.75, 3.05) is 88.1 Å². The fourth-order valence-corrected chi connectivity index (χ4v) is 13.5. The van der Waals surface area contributed by atoms with Crippen LogP contribution in [0.4, 0.5) is 0 Å². The van der Waals surface area contributed by atoms with Gasteiger partial charge in [-0.25, -0.2) is 0 Å². The first-order valence-corrected chi connectivity index (χ1v) is 48.6. The SMILES string of the molecule is CC(C)CCCCCCc1ccccc1.CC(C)CCCCN(C)C.CC(C)CCCCN(C)C1CCCCC1.CC(C)CCCCNC(C)C.CC(C)CCCCNC1CCCCC1.CC(C)CCCC[N+](C)(C)C.CCCCCCC(C)C.CCCCCCCCCC(C)C.CCCCNCCCC(C)C. The molecule has 0 saturated heterocycles. The molecule has 0 radical (unpaired) electrons. The van der Waals surface area contributed by atoms with Crippen molar-refractivity contribution in [1.29, 1.82) is 0 Å². The summed E-state index contributed by atoms with van der Waals surface area (Å²) in [5.74, 6) is 7.93. The third-order valence-electron chi connectivity index (χ3n) is 20.9. The van der Waals surface area contributed by atoms with Crippen LogP contribution < -0.4 is 16.0 Å². The Kier molecular flexibility index (Phi) is 99.8. The van der Waals surface area contributed by atoms with Crippen LogP contribution in [0.15, 0.2) is 30.3 Å². The molecule has 1 aromatic carbocycles. The lowest BCUT2D eigenvalue weighted by Crippen LogP contribution is -2.35. The fraction of sp³-hybridized carbons (Fsp3) is 0.941. The van der Waals surface area contributed by atoms with Gasteiger partial charge < -0.3 is 30.2 Å². The second kappa shape index (κ2) is 91.5. The van der Waals surface area contributed by atoms with E-state index in [0.29, 0.717) is 6.04 Å². The summed E-state index contributed by atoms with van der Waals surface area (Å²) in [5, 5.41) is 10.6. The van der Waals surface area contributed by atoms with Crippen molar-refractivity contribution in [3.63, 3.8) is 0 Å². The van der Waals surface area contributed by atoms with E-state index < -0.39 is 0 Å². The summed E-state index contributed by atoms with van der Waals surface area (Å²) >= 11 is 0. The van der Waals surface area contributed by atoms with Crippen LogP contribution in [-0.4, -0.2) is 121 Å². The maximum absolute atomic E-state index is 3.70. The lowest BCUT2D eigenvalue weighted by Gasteiger charge is -2.31.